The lowest BCUT2D eigenvalue weighted by atomic mass is 9.80. The molecule has 0 aliphatic carbocycles. The first kappa shape index (κ1) is 23.0. The van der Waals surface area contributed by atoms with Crippen LogP contribution in [0.15, 0.2) is 130 Å². The molecule has 0 saturated heterocycles. The van der Waals surface area contributed by atoms with E-state index in [0.717, 1.165) is 16.7 Å². The number of para-hydroxylation sites is 1. The Morgan fingerprint density at radius 1 is 0.780 bits per heavy atom. The van der Waals surface area contributed by atoms with Crippen molar-refractivity contribution in [2.24, 2.45) is 4.99 Å². The number of nitrogens with zero attached hydrogens (tertiary/aromatic N) is 5. The number of imidazole rings is 1. The predicted molar refractivity (Wildman–Crippen MR) is 154 cm³/mol. The number of furan rings is 2. The maximum absolute atomic E-state index is 6.64. The maximum Gasteiger partial charge on any atom is 0.202 e. The van der Waals surface area contributed by atoms with Crippen LogP contribution in [0.3, 0.4) is 0 Å². The molecule has 1 aromatic carbocycles. The van der Waals surface area contributed by atoms with Crippen LogP contribution in [-0.2, 0) is 5.54 Å². The van der Waals surface area contributed by atoms with Crippen molar-refractivity contribution >= 4 is 34.0 Å². The number of hydrogen-bond donors (Lipinski definition) is 3. The van der Waals surface area contributed by atoms with E-state index in [-0.39, 0.29) is 0 Å². The highest BCUT2D eigenvalue weighted by Gasteiger charge is 2.56. The minimum absolute atomic E-state index is 0.564. The number of benzene rings is 1. The first-order valence-corrected chi connectivity index (χ1v) is 13.0. The summed E-state index contributed by atoms with van der Waals surface area (Å²) in [5.74, 6) is 1.74. The van der Waals surface area contributed by atoms with Crippen molar-refractivity contribution in [2.75, 3.05) is 4.90 Å². The molecule has 7 aromatic rings. The van der Waals surface area contributed by atoms with Crippen molar-refractivity contribution in [2.45, 2.75) is 5.54 Å². The third kappa shape index (κ3) is 3.44. The molecule has 0 amide bonds. The van der Waals surface area contributed by atoms with E-state index in [9.17, 15) is 0 Å². The highest BCUT2D eigenvalue weighted by molar-refractivity contribution is 6.19. The topological polar surface area (TPSA) is 128 Å². The molecular formula is C31H22N8O2. The van der Waals surface area contributed by atoms with E-state index in [1.165, 1.54) is 0 Å². The van der Waals surface area contributed by atoms with E-state index in [0.29, 0.717) is 46.0 Å². The van der Waals surface area contributed by atoms with Gasteiger partial charge in [-0.3, -0.25) is 15.0 Å². The van der Waals surface area contributed by atoms with Gasteiger partial charge in [0.05, 0.1) is 29.0 Å². The molecule has 0 radical (unpaired) electrons. The Hall–Kier alpha value is -5.90. The van der Waals surface area contributed by atoms with Crippen molar-refractivity contribution in [3.05, 3.63) is 145 Å². The molecule has 0 saturated carbocycles. The summed E-state index contributed by atoms with van der Waals surface area (Å²) < 4.78 is 12.9. The second kappa shape index (κ2) is 9.09. The summed E-state index contributed by atoms with van der Waals surface area (Å²) in [7, 11) is 0. The molecule has 0 bridgehead atoms. The molecule has 8 rings (SSSR count). The third-order valence-electron chi connectivity index (χ3n) is 7.23. The minimum Gasteiger partial charge on any atom is -0.466 e. The van der Waals surface area contributed by atoms with Gasteiger partial charge in [-0.25, -0.2) is 9.98 Å². The fourth-order valence-electron chi connectivity index (χ4n) is 5.56. The fraction of sp³-hybridized carbons (Fsp3) is 0.0323. The molecular weight excluding hydrogens is 516 g/mol. The van der Waals surface area contributed by atoms with E-state index >= 15 is 0 Å². The first-order valence-electron chi connectivity index (χ1n) is 13.0. The van der Waals surface area contributed by atoms with Gasteiger partial charge in [-0.1, -0.05) is 24.3 Å². The molecule has 0 spiro atoms. The largest absolute Gasteiger partial charge is 0.466 e. The molecule has 7 heterocycles. The minimum atomic E-state index is -1.23. The van der Waals surface area contributed by atoms with E-state index in [2.05, 4.69) is 30.0 Å². The summed E-state index contributed by atoms with van der Waals surface area (Å²) in [5.41, 5.74) is 3.58. The van der Waals surface area contributed by atoms with Gasteiger partial charge in [-0.15, -0.1) is 0 Å². The number of rotatable bonds is 6. The molecule has 41 heavy (non-hydrogen) atoms. The summed E-state index contributed by atoms with van der Waals surface area (Å²) in [5, 5.41) is 8.37. The molecule has 10 heteroatoms. The van der Waals surface area contributed by atoms with E-state index in [1.54, 1.807) is 31.1 Å². The van der Waals surface area contributed by atoms with Gasteiger partial charge in [-0.2, -0.15) is 5.10 Å². The Labute approximate surface area is 233 Å². The monoisotopic (exact) mass is 538 g/mol. The van der Waals surface area contributed by atoms with Crippen molar-refractivity contribution < 1.29 is 8.83 Å². The highest BCUT2D eigenvalue weighted by Crippen LogP contribution is 2.51. The number of aliphatic imine (C=N–C) groups is 1. The quantitative estimate of drug-likeness (QED) is 0.239. The molecule has 10 nitrogen and oxygen atoms in total. The van der Waals surface area contributed by atoms with Gasteiger partial charge >= 0.3 is 0 Å². The smallest absolute Gasteiger partial charge is 0.202 e. The molecule has 1 aliphatic heterocycles. The number of aromatic nitrogens is 6. The Balaban J connectivity index is 1.58. The molecule has 198 valence electrons. The molecule has 1 atom stereocenters. The SMILES string of the molecule is c1ccc(C2(c3ccco3)C(c3ccn[nH]3)=NC(c3ncc[nH]3)=C(c3ccc[nH]3)N2c2cc3ccccc3o2)nc1. The zero-order valence-corrected chi connectivity index (χ0v) is 21.5. The number of fused-ring (bicyclic) bond motifs is 1. The van der Waals surface area contributed by atoms with Crippen molar-refractivity contribution in [3.63, 3.8) is 0 Å². The van der Waals surface area contributed by atoms with Gasteiger partial charge in [0.25, 0.3) is 0 Å². The van der Waals surface area contributed by atoms with Crippen LogP contribution in [0.25, 0.3) is 22.4 Å². The summed E-state index contributed by atoms with van der Waals surface area (Å²) in [6.07, 6.45) is 10.5. The van der Waals surface area contributed by atoms with Gasteiger partial charge in [-0.05, 0) is 48.5 Å². The second-order valence-electron chi connectivity index (χ2n) is 9.51. The van der Waals surface area contributed by atoms with Crippen molar-refractivity contribution in [1.29, 1.82) is 0 Å². The first-order chi connectivity index (χ1) is 20.3. The van der Waals surface area contributed by atoms with Gasteiger partial charge in [0.2, 0.25) is 5.88 Å². The van der Waals surface area contributed by atoms with Gasteiger partial charge in [0.15, 0.2) is 11.4 Å². The highest BCUT2D eigenvalue weighted by atomic mass is 16.4. The second-order valence-corrected chi connectivity index (χ2v) is 9.51. The lowest BCUT2D eigenvalue weighted by Gasteiger charge is -2.45. The molecule has 3 N–H and O–H groups in total. The zero-order chi connectivity index (χ0) is 27.2. The Morgan fingerprint density at radius 2 is 1.73 bits per heavy atom. The van der Waals surface area contributed by atoms with E-state index in [4.69, 9.17) is 18.8 Å². The van der Waals surface area contributed by atoms with Crippen LogP contribution in [0.4, 0.5) is 5.88 Å². The predicted octanol–water partition coefficient (Wildman–Crippen LogP) is 5.97. The number of aromatic amines is 3. The average molecular weight is 539 g/mol. The number of anilines is 1. The van der Waals surface area contributed by atoms with Gasteiger partial charge in [0, 0.05) is 42.4 Å². The molecule has 6 aromatic heterocycles. The Morgan fingerprint density at radius 3 is 2.46 bits per heavy atom. The maximum atomic E-state index is 6.64. The lowest BCUT2D eigenvalue weighted by Crippen LogP contribution is -2.55. The molecule has 1 unspecified atom stereocenters. The Kier molecular flexibility index (Phi) is 5.11. The standard InChI is InChI=1S/C31H22N8O2/c1-2-9-23-20(7-1)19-26(41-23)39-28(21-8-5-14-32-21)27(30-34-16-17-35-30)37-29(22-12-15-36-38-22)31(39,25-11-6-18-40-25)24-10-3-4-13-33-24/h1-19,32H,(H,34,35)(H,36,38). The van der Waals surface area contributed by atoms with E-state index in [1.807, 2.05) is 85.1 Å². The van der Waals surface area contributed by atoms with Crippen LogP contribution >= 0.6 is 0 Å². The number of pyridine rings is 1. The summed E-state index contributed by atoms with van der Waals surface area (Å²) in [6, 6.07) is 25.4. The summed E-state index contributed by atoms with van der Waals surface area (Å²) in [6.45, 7) is 0. The van der Waals surface area contributed by atoms with Crippen LogP contribution < -0.4 is 4.90 Å². The number of hydrogen-bond acceptors (Lipinski definition) is 7. The zero-order valence-electron chi connectivity index (χ0n) is 21.5. The molecule has 1 aliphatic rings. The lowest BCUT2D eigenvalue weighted by molar-refractivity contribution is 0.435. The summed E-state index contributed by atoms with van der Waals surface area (Å²) >= 11 is 0. The van der Waals surface area contributed by atoms with Crippen molar-refractivity contribution in [1.82, 2.24) is 30.1 Å². The van der Waals surface area contributed by atoms with Crippen LogP contribution in [0, 0.1) is 0 Å². The van der Waals surface area contributed by atoms with Gasteiger partial charge in [0.1, 0.15) is 22.8 Å². The average Bonchev–Trinajstić information content (AvgIpc) is 3.87. The fourth-order valence-corrected chi connectivity index (χ4v) is 5.56. The Bertz CT molecular complexity index is 1950. The van der Waals surface area contributed by atoms with Crippen LogP contribution in [0.5, 0.6) is 0 Å². The molecule has 0 fully saturated rings. The number of H-pyrrole nitrogens is 3. The van der Waals surface area contributed by atoms with Gasteiger partial charge < -0.3 is 18.8 Å². The third-order valence-corrected chi connectivity index (χ3v) is 7.23. The van der Waals surface area contributed by atoms with Crippen LogP contribution in [0.1, 0.15) is 28.7 Å². The van der Waals surface area contributed by atoms with Crippen LogP contribution in [-0.4, -0.2) is 35.8 Å². The number of nitrogens with one attached hydrogen (secondary N) is 3. The summed E-state index contributed by atoms with van der Waals surface area (Å²) in [4.78, 5) is 23.6. The normalized spacial score (nSPS) is 17.4. The van der Waals surface area contributed by atoms with E-state index < -0.39 is 5.54 Å². The van der Waals surface area contributed by atoms with Crippen molar-refractivity contribution in [3.8, 4) is 0 Å². The van der Waals surface area contributed by atoms with Crippen LogP contribution in [0.2, 0.25) is 0 Å².